The Labute approximate surface area is 194 Å². The van der Waals surface area contributed by atoms with Gasteiger partial charge >= 0.3 is 5.97 Å². The van der Waals surface area contributed by atoms with E-state index in [1.165, 1.54) is 24.3 Å². The van der Waals surface area contributed by atoms with E-state index in [2.05, 4.69) is 4.99 Å². The van der Waals surface area contributed by atoms with E-state index in [4.69, 9.17) is 9.84 Å². The van der Waals surface area contributed by atoms with Gasteiger partial charge in [0, 0.05) is 5.56 Å². The molecule has 1 aliphatic rings. The van der Waals surface area contributed by atoms with Crippen molar-refractivity contribution in [1.29, 1.82) is 0 Å². The number of aliphatic imine (C=N–C) groups is 1. The van der Waals surface area contributed by atoms with Gasteiger partial charge in [-0.1, -0.05) is 30.3 Å². The molecule has 2 amide bonds. The number of aromatic carboxylic acids is 1. The molecule has 0 bridgehead atoms. The number of carboxylic acids is 1. The van der Waals surface area contributed by atoms with Crippen LogP contribution in [0.5, 0.6) is 5.75 Å². The molecule has 164 valence electrons. The average Bonchev–Trinajstić information content (AvgIpc) is 3.14. The fourth-order valence-corrected chi connectivity index (χ4v) is 4.06. The van der Waals surface area contributed by atoms with Crippen molar-refractivity contribution in [3.63, 3.8) is 0 Å². The minimum atomic E-state index is -1.05. The first-order valence-corrected chi connectivity index (χ1v) is 10.7. The monoisotopic (exact) mass is 458 g/mol. The lowest BCUT2D eigenvalue weighted by molar-refractivity contribution is -0.120. The SMILES string of the molecule is COc1ccc(C=C2SC(=Nc3ccc(C(=O)O)cc3)N(C(=O)c3ccccc3)C2=O)cc1. The van der Waals surface area contributed by atoms with Gasteiger partial charge in [0.15, 0.2) is 5.17 Å². The molecule has 0 spiro atoms. The molecular formula is C25H18N2O5S. The van der Waals surface area contributed by atoms with E-state index in [0.717, 1.165) is 22.2 Å². The lowest BCUT2D eigenvalue weighted by Gasteiger charge is -2.13. The van der Waals surface area contributed by atoms with Crippen molar-refractivity contribution in [2.75, 3.05) is 7.11 Å². The molecule has 4 rings (SSSR count). The zero-order chi connectivity index (χ0) is 23.4. The van der Waals surface area contributed by atoms with Crippen LogP contribution in [0.4, 0.5) is 5.69 Å². The first kappa shape index (κ1) is 22.0. The number of nitrogens with zero attached hydrogens (tertiary/aromatic N) is 2. The van der Waals surface area contributed by atoms with Crippen molar-refractivity contribution < 1.29 is 24.2 Å². The zero-order valence-electron chi connectivity index (χ0n) is 17.5. The molecule has 0 saturated carbocycles. The van der Waals surface area contributed by atoms with Gasteiger partial charge in [-0.15, -0.1) is 0 Å². The quantitative estimate of drug-likeness (QED) is 0.434. The Balaban J connectivity index is 1.72. The van der Waals surface area contributed by atoms with Gasteiger partial charge in [-0.05, 0) is 71.9 Å². The molecule has 1 fully saturated rings. The maximum absolute atomic E-state index is 13.2. The Hall–Kier alpha value is -4.17. The first-order valence-electron chi connectivity index (χ1n) is 9.86. The highest BCUT2D eigenvalue weighted by Gasteiger charge is 2.38. The standard InChI is InChI=1S/C25H18N2O5S/c1-32-20-13-7-16(8-14-20)15-21-23(29)27(22(28)17-5-3-2-4-6-17)25(33-21)26-19-11-9-18(10-12-19)24(30)31/h2-15H,1H3,(H,30,31). The molecule has 0 unspecified atom stereocenters. The highest BCUT2D eigenvalue weighted by molar-refractivity contribution is 8.18. The molecule has 1 saturated heterocycles. The van der Waals surface area contributed by atoms with Crippen LogP contribution in [0.25, 0.3) is 6.08 Å². The normalized spacial score (nSPS) is 15.8. The summed E-state index contributed by atoms with van der Waals surface area (Å²) in [5, 5.41) is 9.28. The van der Waals surface area contributed by atoms with E-state index in [9.17, 15) is 14.4 Å². The molecule has 0 radical (unpaired) electrons. The van der Waals surface area contributed by atoms with Crippen LogP contribution < -0.4 is 4.74 Å². The largest absolute Gasteiger partial charge is 0.497 e. The molecular weight excluding hydrogens is 440 g/mol. The topological polar surface area (TPSA) is 96.3 Å². The van der Waals surface area contributed by atoms with Crippen molar-refractivity contribution in [2.24, 2.45) is 4.99 Å². The number of methoxy groups -OCH3 is 1. The van der Waals surface area contributed by atoms with Crippen LogP contribution in [-0.2, 0) is 4.79 Å². The maximum Gasteiger partial charge on any atom is 0.335 e. The molecule has 7 nitrogen and oxygen atoms in total. The fourth-order valence-electron chi connectivity index (χ4n) is 3.08. The van der Waals surface area contributed by atoms with Crippen molar-refractivity contribution in [3.8, 4) is 5.75 Å². The van der Waals surface area contributed by atoms with Crippen molar-refractivity contribution >= 4 is 46.5 Å². The highest BCUT2D eigenvalue weighted by atomic mass is 32.2. The summed E-state index contributed by atoms with van der Waals surface area (Å²) in [6, 6.07) is 21.5. The van der Waals surface area contributed by atoms with Crippen LogP contribution >= 0.6 is 11.8 Å². The minimum Gasteiger partial charge on any atom is -0.497 e. The second kappa shape index (κ2) is 9.54. The van der Waals surface area contributed by atoms with E-state index >= 15 is 0 Å². The van der Waals surface area contributed by atoms with E-state index in [1.807, 2.05) is 12.1 Å². The van der Waals surface area contributed by atoms with Gasteiger partial charge in [0.2, 0.25) is 0 Å². The molecule has 0 aromatic heterocycles. The Bertz CT molecular complexity index is 1270. The number of carbonyl (C=O) groups is 3. The van der Waals surface area contributed by atoms with Crippen molar-refractivity contribution in [1.82, 2.24) is 4.90 Å². The second-order valence-electron chi connectivity index (χ2n) is 6.94. The summed E-state index contributed by atoms with van der Waals surface area (Å²) in [4.78, 5) is 43.3. The Morgan fingerprint density at radius 3 is 2.21 bits per heavy atom. The van der Waals surface area contributed by atoms with E-state index in [-0.39, 0.29) is 10.7 Å². The van der Waals surface area contributed by atoms with Crippen LogP contribution in [0.15, 0.2) is 88.8 Å². The fraction of sp³-hybridized carbons (Fsp3) is 0.0400. The van der Waals surface area contributed by atoms with Crippen LogP contribution in [-0.4, -0.2) is 40.1 Å². The summed E-state index contributed by atoms with van der Waals surface area (Å²) in [6.07, 6.45) is 1.69. The molecule has 3 aromatic rings. The van der Waals surface area contributed by atoms with Gasteiger partial charge in [0.25, 0.3) is 11.8 Å². The predicted molar refractivity (Wildman–Crippen MR) is 127 cm³/mol. The maximum atomic E-state index is 13.2. The van der Waals surface area contributed by atoms with E-state index in [0.29, 0.717) is 21.9 Å². The number of ether oxygens (including phenoxy) is 1. The number of thioether (sulfide) groups is 1. The van der Waals surface area contributed by atoms with Crippen LogP contribution in [0.3, 0.4) is 0 Å². The van der Waals surface area contributed by atoms with Crippen molar-refractivity contribution in [3.05, 3.63) is 100 Å². The molecule has 0 atom stereocenters. The molecule has 33 heavy (non-hydrogen) atoms. The van der Waals surface area contributed by atoms with Crippen LogP contribution in [0, 0.1) is 0 Å². The minimum absolute atomic E-state index is 0.117. The Morgan fingerprint density at radius 2 is 1.61 bits per heavy atom. The number of carboxylic acid groups (broad SMARTS) is 1. The Morgan fingerprint density at radius 1 is 0.939 bits per heavy atom. The lowest BCUT2D eigenvalue weighted by atomic mass is 10.2. The van der Waals surface area contributed by atoms with E-state index in [1.54, 1.807) is 55.7 Å². The summed E-state index contributed by atoms with van der Waals surface area (Å²) >= 11 is 1.08. The smallest absolute Gasteiger partial charge is 0.335 e. The summed E-state index contributed by atoms with van der Waals surface area (Å²) in [6.45, 7) is 0. The number of rotatable bonds is 5. The molecule has 0 aliphatic carbocycles. The highest BCUT2D eigenvalue weighted by Crippen LogP contribution is 2.35. The Kier molecular flexibility index (Phi) is 6.37. The number of benzene rings is 3. The van der Waals surface area contributed by atoms with Gasteiger partial charge in [-0.2, -0.15) is 0 Å². The summed E-state index contributed by atoms with van der Waals surface area (Å²) in [5.74, 6) is -1.33. The third-order valence-electron chi connectivity index (χ3n) is 4.78. The third kappa shape index (κ3) is 4.86. The number of amidine groups is 1. The van der Waals surface area contributed by atoms with Crippen molar-refractivity contribution in [2.45, 2.75) is 0 Å². The number of hydrogen-bond donors (Lipinski definition) is 1. The van der Waals surface area contributed by atoms with Gasteiger partial charge in [-0.25, -0.2) is 14.7 Å². The van der Waals surface area contributed by atoms with Gasteiger partial charge in [0.05, 0.1) is 23.3 Å². The number of carbonyl (C=O) groups excluding carboxylic acids is 2. The summed E-state index contributed by atoms with van der Waals surface area (Å²) in [5.41, 5.74) is 1.66. The van der Waals surface area contributed by atoms with Gasteiger partial charge in [0.1, 0.15) is 5.75 Å². The number of hydrogen-bond acceptors (Lipinski definition) is 6. The molecule has 1 heterocycles. The van der Waals surface area contributed by atoms with Gasteiger partial charge < -0.3 is 9.84 Å². The molecule has 3 aromatic carbocycles. The van der Waals surface area contributed by atoms with E-state index < -0.39 is 17.8 Å². The van der Waals surface area contributed by atoms with Crippen LogP contribution in [0.2, 0.25) is 0 Å². The predicted octanol–water partition coefficient (Wildman–Crippen LogP) is 4.84. The average molecular weight is 458 g/mol. The molecule has 1 N–H and O–H groups in total. The summed E-state index contributed by atoms with van der Waals surface area (Å²) < 4.78 is 5.16. The summed E-state index contributed by atoms with van der Waals surface area (Å²) in [7, 11) is 1.57. The first-order chi connectivity index (χ1) is 16.0. The van der Waals surface area contributed by atoms with Crippen LogP contribution in [0.1, 0.15) is 26.3 Å². The molecule has 8 heteroatoms. The zero-order valence-corrected chi connectivity index (χ0v) is 18.3. The third-order valence-corrected chi connectivity index (χ3v) is 5.75. The molecule has 1 aliphatic heterocycles. The lowest BCUT2D eigenvalue weighted by Crippen LogP contribution is -2.35. The van der Waals surface area contributed by atoms with Gasteiger partial charge in [-0.3, -0.25) is 9.59 Å². The number of imide groups is 1. The second-order valence-corrected chi connectivity index (χ2v) is 7.95. The number of amides is 2.